The SMILES string of the molecule is C[CH](C)[GeH2]. The van der Waals surface area contributed by atoms with Crippen molar-refractivity contribution >= 4 is 16.5 Å². The van der Waals surface area contributed by atoms with Crippen molar-refractivity contribution in [2.24, 2.45) is 0 Å². The summed E-state index contributed by atoms with van der Waals surface area (Å²) >= 11 is 1.43. The molecule has 0 aromatic carbocycles. The van der Waals surface area contributed by atoms with E-state index in [2.05, 4.69) is 13.8 Å². The van der Waals surface area contributed by atoms with Gasteiger partial charge in [0.1, 0.15) is 0 Å². The maximum atomic E-state index is 2.22. The first-order valence-electron chi connectivity index (χ1n) is 1.56. The van der Waals surface area contributed by atoms with Crippen LogP contribution in [-0.2, 0) is 0 Å². The molecule has 0 aliphatic heterocycles. The minimum absolute atomic E-state index is 0.958. The molecule has 4 heavy (non-hydrogen) atoms. The zero-order chi connectivity index (χ0) is 3.58. The maximum absolute atomic E-state index is 2.22. The van der Waals surface area contributed by atoms with E-state index < -0.39 is 0 Å². The Morgan fingerprint density at radius 1 is 1.50 bits per heavy atom. The van der Waals surface area contributed by atoms with E-state index in [4.69, 9.17) is 0 Å². The molecule has 0 saturated carbocycles. The van der Waals surface area contributed by atoms with E-state index in [9.17, 15) is 0 Å². The first-order chi connectivity index (χ1) is 1.73. The van der Waals surface area contributed by atoms with Crippen molar-refractivity contribution in [2.75, 3.05) is 0 Å². The van der Waals surface area contributed by atoms with Gasteiger partial charge >= 0.3 is 35.1 Å². The zero-order valence-corrected chi connectivity index (χ0v) is 6.25. The van der Waals surface area contributed by atoms with Gasteiger partial charge in [-0.15, -0.1) is 0 Å². The predicted molar refractivity (Wildman–Crippen MR) is 23.6 cm³/mol. The van der Waals surface area contributed by atoms with Crippen LogP contribution >= 0.6 is 0 Å². The van der Waals surface area contributed by atoms with Gasteiger partial charge in [-0.1, -0.05) is 0 Å². The van der Waals surface area contributed by atoms with Crippen molar-refractivity contribution in [1.29, 1.82) is 0 Å². The average molecular weight is 118 g/mol. The van der Waals surface area contributed by atoms with E-state index in [0.717, 1.165) is 4.75 Å². The Bertz CT molecular complexity index is 8.00. The molecular formula is C3H9Ge. The quantitative estimate of drug-likeness (QED) is 0.405. The molecule has 0 nitrogen and oxygen atoms in total. The first kappa shape index (κ1) is 4.54. The van der Waals surface area contributed by atoms with Gasteiger partial charge in [0.25, 0.3) is 0 Å². The summed E-state index contributed by atoms with van der Waals surface area (Å²) in [5, 5.41) is 0. The van der Waals surface area contributed by atoms with Crippen LogP contribution in [0.1, 0.15) is 13.8 Å². The molecule has 0 N–H and O–H groups in total. The van der Waals surface area contributed by atoms with Gasteiger partial charge in [0.15, 0.2) is 0 Å². The van der Waals surface area contributed by atoms with Gasteiger partial charge in [0.2, 0.25) is 0 Å². The Balaban J connectivity index is 2.32. The van der Waals surface area contributed by atoms with Crippen molar-refractivity contribution in [1.82, 2.24) is 0 Å². The van der Waals surface area contributed by atoms with Crippen LogP contribution < -0.4 is 0 Å². The van der Waals surface area contributed by atoms with Crippen molar-refractivity contribution in [2.45, 2.75) is 18.6 Å². The number of hydrogen-bond acceptors (Lipinski definition) is 0. The van der Waals surface area contributed by atoms with Gasteiger partial charge in [0.05, 0.1) is 0 Å². The molecule has 0 aromatic rings. The van der Waals surface area contributed by atoms with Crippen molar-refractivity contribution in [3.63, 3.8) is 0 Å². The molecule has 0 aromatic heterocycles. The monoisotopic (exact) mass is 119 g/mol. The van der Waals surface area contributed by atoms with Crippen LogP contribution in [0.5, 0.6) is 0 Å². The Labute approximate surface area is 35.8 Å². The Kier molecular flexibility index (Phi) is 2.07. The van der Waals surface area contributed by atoms with E-state index >= 15 is 0 Å². The van der Waals surface area contributed by atoms with Crippen LogP contribution in [-0.4, -0.2) is 16.5 Å². The Morgan fingerprint density at radius 3 is 1.50 bits per heavy atom. The Hall–Kier alpha value is 0.543. The van der Waals surface area contributed by atoms with Crippen LogP contribution in [0.15, 0.2) is 0 Å². The molecule has 0 fully saturated rings. The average Bonchev–Trinajstić information content (AvgIpc) is 0.811. The van der Waals surface area contributed by atoms with Gasteiger partial charge in [-0.25, -0.2) is 0 Å². The predicted octanol–water partition coefficient (Wildman–Crippen LogP) is 0.448. The van der Waals surface area contributed by atoms with E-state index in [1.54, 1.807) is 0 Å². The second-order valence-corrected chi connectivity index (χ2v) is 4.82. The van der Waals surface area contributed by atoms with Crippen LogP contribution in [0.4, 0.5) is 0 Å². The fraction of sp³-hybridized carbons (Fsp3) is 1.00. The molecule has 0 unspecified atom stereocenters. The standard InChI is InChI=1S/C3H9Ge/c1-3(2)4/h3H,4H2,1-2H3. The van der Waals surface area contributed by atoms with E-state index in [1.165, 1.54) is 16.5 Å². The summed E-state index contributed by atoms with van der Waals surface area (Å²) in [4.78, 5) is 0. The van der Waals surface area contributed by atoms with Gasteiger partial charge in [-0.2, -0.15) is 0 Å². The molecule has 0 saturated heterocycles. The third kappa shape index (κ3) is 20.5. The molecule has 0 aliphatic carbocycles. The van der Waals surface area contributed by atoms with Crippen molar-refractivity contribution in [3.05, 3.63) is 0 Å². The van der Waals surface area contributed by atoms with Crippen molar-refractivity contribution < 1.29 is 0 Å². The summed E-state index contributed by atoms with van der Waals surface area (Å²) in [6, 6.07) is 0. The molecule has 1 heteroatoms. The summed E-state index contributed by atoms with van der Waals surface area (Å²) < 4.78 is 0.958. The molecule has 0 amide bonds. The normalized spacial score (nSPS) is 9.00. The van der Waals surface area contributed by atoms with Crippen molar-refractivity contribution in [3.8, 4) is 0 Å². The third-order valence-corrected chi connectivity index (χ3v) is 0. The van der Waals surface area contributed by atoms with E-state index in [1.807, 2.05) is 0 Å². The topological polar surface area (TPSA) is 0 Å². The summed E-state index contributed by atoms with van der Waals surface area (Å²) in [7, 11) is 0. The summed E-state index contributed by atoms with van der Waals surface area (Å²) in [6.07, 6.45) is 0. The van der Waals surface area contributed by atoms with Crippen LogP contribution in [0.3, 0.4) is 0 Å². The molecule has 0 rings (SSSR count). The molecule has 0 heterocycles. The second kappa shape index (κ2) is 1.83. The number of rotatable bonds is 0. The second-order valence-electron chi connectivity index (χ2n) is 1.39. The van der Waals surface area contributed by atoms with E-state index in [-0.39, 0.29) is 0 Å². The Morgan fingerprint density at radius 2 is 1.50 bits per heavy atom. The summed E-state index contributed by atoms with van der Waals surface area (Å²) in [6.45, 7) is 4.44. The molecule has 0 spiro atoms. The zero-order valence-electron chi connectivity index (χ0n) is 3.28. The van der Waals surface area contributed by atoms with Gasteiger partial charge in [0, 0.05) is 0 Å². The third-order valence-electron chi connectivity index (χ3n) is 0. The molecule has 25 valence electrons. The fourth-order valence-corrected chi connectivity index (χ4v) is 0. The van der Waals surface area contributed by atoms with Crippen LogP contribution in [0, 0.1) is 0 Å². The molecule has 0 bridgehead atoms. The molecule has 0 aliphatic rings. The van der Waals surface area contributed by atoms with Crippen LogP contribution in [0.25, 0.3) is 0 Å². The van der Waals surface area contributed by atoms with Crippen LogP contribution in [0.2, 0.25) is 4.75 Å². The molecular weight excluding hydrogens is 109 g/mol. The fourth-order valence-electron chi connectivity index (χ4n) is 0. The summed E-state index contributed by atoms with van der Waals surface area (Å²) in [5.74, 6) is 0. The molecule has 1 radical (unpaired) electrons. The molecule has 0 atom stereocenters. The first-order valence-corrected chi connectivity index (χ1v) is 3.28. The summed E-state index contributed by atoms with van der Waals surface area (Å²) in [5.41, 5.74) is 0. The minimum atomic E-state index is 0.958. The van der Waals surface area contributed by atoms with Gasteiger partial charge in [-0.05, 0) is 0 Å². The van der Waals surface area contributed by atoms with E-state index in [0.29, 0.717) is 0 Å². The van der Waals surface area contributed by atoms with Gasteiger partial charge < -0.3 is 0 Å². The number of hydrogen-bond donors (Lipinski definition) is 0. The van der Waals surface area contributed by atoms with Gasteiger partial charge in [-0.3, -0.25) is 0 Å².